The monoisotopic (exact) mass is 223 g/mol. The molecule has 0 aromatic heterocycles. The Bertz CT molecular complexity index is 389. The summed E-state index contributed by atoms with van der Waals surface area (Å²) >= 11 is 0. The fraction of sp³-hybridized carbons (Fsp3) is 0.273. The molecule has 0 heterocycles. The Morgan fingerprint density at radius 3 is 2.69 bits per heavy atom. The largest absolute Gasteiger partial charge is 0.478 e. The van der Waals surface area contributed by atoms with E-state index in [-0.39, 0.29) is 18.7 Å². The van der Waals surface area contributed by atoms with Gasteiger partial charge in [0.15, 0.2) is 0 Å². The van der Waals surface area contributed by atoms with Crippen LogP contribution >= 0.6 is 0 Å². The molecule has 0 fully saturated rings. The minimum absolute atomic E-state index is 0.0248. The van der Waals surface area contributed by atoms with E-state index in [1.54, 1.807) is 25.2 Å². The molecular formula is C11H13NO4. The number of ether oxygens (including phenoxy) is 1. The Labute approximate surface area is 93.0 Å². The molecule has 1 aromatic carbocycles. The second kappa shape index (κ2) is 5.87. The molecule has 16 heavy (non-hydrogen) atoms. The normalized spacial score (nSPS) is 9.81. The second-order valence-corrected chi connectivity index (χ2v) is 3.15. The Balaban J connectivity index is 2.66. The van der Waals surface area contributed by atoms with Crippen LogP contribution in [0.1, 0.15) is 15.9 Å². The number of likely N-dealkylation sites (N-methyl/N-ethyl adjacent to an activating group) is 1. The van der Waals surface area contributed by atoms with E-state index in [1.165, 1.54) is 6.07 Å². The zero-order valence-corrected chi connectivity index (χ0v) is 8.90. The molecule has 0 unspecified atom stereocenters. The predicted octanol–water partition coefficient (Wildman–Crippen LogP) is 0.647. The molecule has 0 aliphatic carbocycles. The van der Waals surface area contributed by atoms with Crippen molar-refractivity contribution in [3.05, 3.63) is 35.4 Å². The summed E-state index contributed by atoms with van der Waals surface area (Å²) < 4.78 is 4.89. The molecule has 0 amide bonds. The van der Waals surface area contributed by atoms with Crippen molar-refractivity contribution in [1.82, 2.24) is 5.32 Å². The Morgan fingerprint density at radius 1 is 1.38 bits per heavy atom. The molecular weight excluding hydrogens is 210 g/mol. The highest BCUT2D eigenvalue weighted by Gasteiger charge is 2.10. The van der Waals surface area contributed by atoms with Crippen LogP contribution in [0, 0.1) is 0 Å². The van der Waals surface area contributed by atoms with Crippen LogP contribution in [0.4, 0.5) is 0 Å². The van der Waals surface area contributed by atoms with E-state index in [2.05, 4.69) is 5.32 Å². The summed E-state index contributed by atoms with van der Waals surface area (Å²) in [4.78, 5) is 21.9. The molecule has 0 spiro atoms. The van der Waals surface area contributed by atoms with E-state index in [0.29, 0.717) is 5.56 Å². The summed E-state index contributed by atoms with van der Waals surface area (Å²) in [7, 11) is 1.63. The topological polar surface area (TPSA) is 75.6 Å². The number of carboxylic acid groups (broad SMARTS) is 1. The standard InChI is InChI=1S/C11H13NO4/c1-12-6-10(13)16-7-8-4-2-3-5-9(8)11(14)15/h2-5,12H,6-7H2,1H3,(H,14,15). The van der Waals surface area contributed by atoms with Crippen molar-refractivity contribution in [3.63, 3.8) is 0 Å². The fourth-order valence-electron chi connectivity index (χ4n) is 1.21. The maximum Gasteiger partial charge on any atom is 0.336 e. The molecule has 0 bridgehead atoms. The van der Waals surface area contributed by atoms with E-state index >= 15 is 0 Å². The highest BCUT2D eigenvalue weighted by molar-refractivity contribution is 5.89. The molecule has 5 nitrogen and oxygen atoms in total. The van der Waals surface area contributed by atoms with Gasteiger partial charge in [0, 0.05) is 5.56 Å². The van der Waals surface area contributed by atoms with Crippen molar-refractivity contribution in [3.8, 4) is 0 Å². The van der Waals surface area contributed by atoms with Crippen LogP contribution in [0.3, 0.4) is 0 Å². The van der Waals surface area contributed by atoms with Crippen LogP contribution in [0.25, 0.3) is 0 Å². The number of carboxylic acids is 1. The van der Waals surface area contributed by atoms with Crippen LogP contribution < -0.4 is 5.32 Å². The molecule has 0 radical (unpaired) electrons. The number of hydrogen-bond donors (Lipinski definition) is 2. The summed E-state index contributed by atoms with van der Waals surface area (Å²) in [6, 6.07) is 6.43. The number of rotatable bonds is 5. The quantitative estimate of drug-likeness (QED) is 0.717. The molecule has 2 N–H and O–H groups in total. The first-order valence-corrected chi connectivity index (χ1v) is 4.76. The van der Waals surface area contributed by atoms with Gasteiger partial charge in [-0.25, -0.2) is 4.79 Å². The van der Waals surface area contributed by atoms with Gasteiger partial charge in [-0.05, 0) is 13.1 Å². The molecule has 0 atom stereocenters. The van der Waals surface area contributed by atoms with Crippen LogP contribution in [-0.4, -0.2) is 30.6 Å². The summed E-state index contributed by atoms with van der Waals surface area (Å²) in [5, 5.41) is 11.5. The minimum atomic E-state index is -1.03. The molecule has 1 aromatic rings. The van der Waals surface area contributed by atoms with Crippen LogP contribution in [0.2, 0.25) is 0 Å². The zero-order valence-electron chi connectivity index (χ0n) is 8.90. The number of hydrogen-bond acceptors (Lipinski definition) is 4. The average Bonchev–Trinajstić information content (AvgIpc) is 2.27. The number of esters is 1. The predicted molar refractivity (Wildman–Crippen MR) is 57.1 cm³/mol. The van der Waals surface area contributed by atoms with E-state index in [1.807, 2.05) is 0 Å². The van der Waals surface area contributed by atoms with E-state index in [4.69, 9.17) is 9.84 Å². The number of benzene rings is 1. The van der Waals surface area contributed by atoms with Gasteiger partial charge in [-0.3, -0.25) is 4.79 Å². The lowest BCUT2D eigenvalue weighted by molar-refractivity contribution is -0.143. The van der Waals surface area contributed by atoms with Crippen molar-refractivity contribution in [2.75, 3.05) is 13.6 Å². The highest BCUT2D eigenvalue weighted by Crippen LogP contribution is 2.09. The summed E-state index contributed by atoms with van der Waals surface area (Å²) in [6.07, 6.45) is 0. The van der Waals surface area contributed by atoms with E-state index < -0.39 is 11.9 Å². The van der Waals surface area contributed by atoms with Gasteiger partial charge in [-0.1, -0.05) is 18.2 Å². The Morgan fingerprint density at radius 2 is 2.06 bits per heavy atom. The van der Waals surface area contributed by atoms with Gasteiger partial charge < -0.3 is 15.2 Å². The SMILES string of the molecule is CNCC(=O)OCc1ccccc1C(=O)O. The third-order valence-electron chi connectivity index (χ3n) is 1.96. The zero-order chi connectivity index (χ0) is 12.0. The molecule has 0 saturated heterocycles. The van der Waals surface area contributed by atoms with Crippen molar-refractivity contribution >= 4 is 11.9 Å². The summed E-state index contributed by atoms with van der Waals surface area (Å²) in [5.41, 5.74) is 0.638. The van der Waals surface area contributed by atoms with Gasteiger partial charge >= 0.3 is 11.9 Å². The van der Waals surface area contributed by atoms with Crippen LogP contribution in [0.5, 0.6) is 0 Å². The van der Waals surface area contributed by atoms with Crippen molar-refractivity contribution in [1.29, 1.82) is 0 Å². The molecule has 0 aliphatic rings. The molecule has 86 valence electrons. The number of nitrogens with one attached hydrogen (secondary N) is 1. The maximum atomic E-state index is 11.1. The van der Waals surface area contributed by atoms with Gasteiger partial charge in [0.1, 0.15) is 6.61 Å². The lowest BCUT2D eigenvalue weighted by atomic mass is 10.1. The maximum absolute atomic E-state index is 11.1. The first kappa shape index (κ1) is 12.2. The fourth-order valence-corrected chi connectivity index (χ4v) is 1.21. The lowest BCUT2D eigenvalue weighted by Gasteiger charge is -2.07. The van der Waals surface area contributed by atoms with Gasteiger partial charge in [0.2, 0.25) is 0 Å². The van der Waals surface area contributed by atoms with Gasteiger partial charge in [-0.15, -0.1) is 0 Å². The van der Waals surface area contributed by atoms with Crippen LogP contribution in [-0.2, 0) is 16.1 Å². The molecule has 1 rings (SSSR count). The third-order valence-corrected chi connectivity index (χ3v) is 1.96. The van der Waals surface area contributed by atoms with E-state index in [9.17, 15) is 9.59 Å². The molecule has 0 saturated carbocycles. The smallest absolute Gasteiger partial charge is 0.336 e. The van der Waals surface area contributed by atoms with Crippen molar-refractivity contribution < 1.29 is 19.4 Å². The van der Waals surface area contributed by atoms with Gasteiger partial charge in [0.05, 0.1) is 12.1 Å². The lowest BCUT2D eigenvalue weighted by Crippen LogP contribution is -2.21. The first-order valence-electron chi connectivity index (χ1n) is 4.76. The molecule has 5 heteroatoms. The summed E-state index contributed by atoms with van der Waals surface area (Å²) in [6.45, 7) is 0.0816. The first-order chi connectivity index (χ1) is 7.65. The number of carbonyl (C=O) groups is 2. The molecule has 0 aliphatic heterocycles. The van der Waals surface area contributed by atoms with Gasteiger partial charge in [-0.2, -0.15) is 0 Å². The summed E-state index contributed by atoms with van der Waals surface area (Å²) in [5.74, 6) is -1.44. The van der Waals surface area contributed by atoms with Crippen LogP contribution in [0.15, 0.2) is 24.3 Å². The third kappa shape index (κ3) is 3.36. The van der Waals surface area contributed by atoms with Gasteiger partial charge in [0.25, 0.3) is 0 Å². The highest BCUT2D eigenvalue weighted by atomic mass is 16.5. The Kier molecular flexibility index (Phi) is 4.47. The average molecular weight is 223 g/mol. The van der Waals surface area contributed by atoms with Crippen molar-refractivity contribution in [2.45, 2.75) is 6.61 Å². The minimum Gasteiger partial charge on any atom is -0.478 e. The second-order valence-electron chi connectivity index (χ2n) is 3.15. The number of aromatic carboxylic acids is 1. The Hall–Kier alpha value is -1.88. The van der Waals surface area contributed by atoms with E-state index in [0.717, 1.165) is 0 Å². The number of carbonyl (C=O) groups excluding carboxylic acids is 1. The van der Waals surface area contributed by atoms with Crippen molar-refractivity contribution in [2.24, 2.45) is 0 Å².